The van der Waals surface area contributed by atoms with Crippen molar-refractivity contribution < 1.29 is 14.8 Å². The summed E-state index contributed by atoms with van der Waals surface area (Å²) >= 11 is 1.13. The van der Waals surface area contributed by atoms with Gasteiger partial charge in [0.15, 0.2) is 10.8 Å². The summed E-state index contributed by atoms with van der Waals surface area (Å²) in [6.45, 7) is 2.45. The van der Waals surface area contributed by atoms with Crippen LogP contribution in [0.4, 0.5) is 10.7 Å². The summed E-state index contributed by atoms with van der Waals surface area (Å²) in [5.41, 5.74) is -0.0527. The third-order valence-corrected chi connectivity index (χ3v) is 4.73. The van der Waals surface area contributed by atoms with Gasteiger partial charge >= 0.3 is 5.69 Å². The van der Waals surface area contributed by atoms with E-state index in [0.29, 0.717) is 29.4 Å². The van der Waals surface area contributed by atoms with Gasteiger partial charge in [-0.05, 0) is 27.4 Å². The van der Waals surface area contributed by atoms with Crippen LogP contribution >= 0.6 is 11.3 Å². The van der Waals surface area contributed by atoms with Crippen LogP contribution in [-0.2, 0) is 0 Å². The molecule has 1 aromatic rings. The van der Waals surface area contributed by atoms with Crippen molar-refractivity contribution >= 4 is 27.8 Å². The lowest BCUT2D eigenvalue weighted by atomic mass is 10.2. The van der Waals surface area contributed by atoms with Crippen molar-refractivity contribution in [1.82, 2.24) is 4.90 Å². The van der Waals surface area contributed by atoms with Crippen molar-refractivity contribution in [2.45, 2.75) is 25.5 Å². The maximum Gasteiger partial charge on any atom is 0.304 e. The Balaban J connectivity index is 2.38. The maximum atomic E-state index is 11.5. The number of Topliss-reactive ketones (excluding diaryl/α,β-unsaturated/α-hetero) is 1. The normalized spacial score (nSPS) is 22.0. The summed E-state index contributed by atoms with van der Waals surface area (Å²) in [7, 11) is 3.85. The van der Waals surface area contributed by atoms with Crippen molar-refractivity contribution in [3.63, 3.8) is 0 Å². The first-order valence-corrected chi connectivity index (χ1v) is 7.49. The van der Waals surface area contributed by atoms with Gasteiger partial charge in [-0.3, -0.25) is 14.9 Å². The SMILES string of the molecule is CC(=O)c1cc([N+](=O)[O-])c(N2CC(O)CC2CN(C)C)s1. The molecule has 2 heterocycles. The van der Waals surface area contributed by atoms with E-state index in [-0.39, 0.29) is 17.5 Å². The quantitative estimate of drug-likeness (QED) is 0.502. The van der Waals surface area contributed by atoms with Crippen LogP contribution in [0.3, 0.4) is 0 Å². The summed E-state index contributed by atoms with van der Waals surface area (Å²) in [5, 5.41) is 21.6. The summed E-state index contributed by atoms with van der Waals surface area (Å²) < 4.78 is 0. The van der Waals surface area contributed by atoms with Crippen LogP contribution in [0.2, 0.25) is 0 Å². The van der Waals surface area contributed by atoms with Crippen LogP contribution in [0.5, 0.6) is 0 Å². The summed E-state index contributed by atoms with van der Waals surface area (Å²) in [4.78, 5) is 26.5. The predicted molar refractivity (Wildman–Crippen MR) is 81.3 cm³/mol. The van der Waals surface area contributed by atoms with Crippen molar-refractivity contribution in [2.24, 2.45) is 0 Å². The number of hydrogen-bond donors (Lipinski definition) is 1. The molecule has 1 fully saturated rings. The third-order valence-electron chi connectivity index (χ3n) is 3.47. The van der Waals surface area contributed by atoms with Crippen LogP contribution in [0.1, 0.15) is 23.0 Å². The monoisotopic (exact) mass is 313 g/mol. The number of aliphatic hydroxyl groups is 1. The number of rotatable bonds is 5. The van der Waals surface area contributed by atoms with Gasteiger partial charge in [0.25, 0.3) is 0 Å². The van der Waals surface area contributed by atoms with Gasteiger partial charge in [0.2, 0.25) is 0 Å². The molecular weight excluding hydrogens is 294 g/mol. The molecule has 2 unspecified atom stereocenters. The number of nitrogens with zero attached hydrogens (tertiary/aromatic N) is 3. The highest BCUT2D eigenvalue weighted by Gasteiger charge is 2.36. The molecule has 7 nitrogen and oxygen atoms in total. The number of β-amino-alcohol motifs (C(OH)–C–C–N with tert-alkyl or cyclic N) is 1. The average Bonchev–Trinajstić information content (AvgIpc) is 2.92. The van der Waals surface area contributed by atoms with E-state index in [9.17, 15) is 20.0 Å². The van der Waals surface area contributed by atoms with E-state index in [4.69, 9.17) is 0 Å². The number of carbonyl (C=O) groups is 1. The van der Waals surface area contributed by atoms with Crippen LogP contribution in [0.15, 0.2) is 6.07 Å². The summed E-state index contributed by atoms with van der Waals surface area (Å²) in [6.07, 6.45) is 0.0697. The zero-order chi connectivity index (χ0) is 15.7. The average molecular weight is 313 g/mol. The number of anilines is 1. The molecule has 0 aliphatic carbocycles. The minimum Gasteiger partial charge on any atom is -0.391 e. The number of likely N-dealkylation sites (N-methyl/N-ethyl adjacent to an activating group) is 1. The van der Waals surface area contributed by atoms with Gasteiger partial charge in [-0.25, -0.2) is 0 Å². The molecule has 21 heavy (non-hydrogen) atoms. The van der Waals surface area contributed by atoms with Gasteiger partial charge in [0, 0.05) is 25.2 Å². The molecule has 0 spiro atoms. The maximum absolute atomic E-state index is 11.5. The molecule has 1 aliphatic rings. The van der Waals surface area contributed by atoms with E-state index < -0.39 is 11.0 Å². The van der Waals surface area contributed by atoms with Crippen molar-refractivity contribution in [3.05, 3.63) is 21.1 Å². The number of carbonyl (C=O) groups excluding carboxylic acids is 1. The molecular formula is C13H19N3O4S. The molecule has 116 valence electrons. The first-order chi connectivity index (χ1) is 9.79. The fourth-order valence-corrected chi connectivity index (χ4v) is 3.72. The molecule has 2 rings (SSSR count). The van der Waals surface area contributed by atoms with E-state index in [1.807, 2.05) is 23.9 Å². The summed E-state index contributed by atoms with van der Waals surface area (Å²) in [5.74, 6) is -0.182. The Kier molecular flexibility index (Phi) is 4.60. The minimum absolute atomic E-state index is 0.00663. The highest BCUT2D eigenvalue weighted by molar-refractivity contribution is 7.18. The smallest absolute Gasteiger partial charge is 0.304 e. The van der Waals surface area contributed by atoms with Crippen LogP contribution < -0.4 is 4.90 Å². The molecule has 0 radical (unpaired) electrons. The second-order valence-electron chi connectivity index (χ2n) is 5.57. The Labute approximate surface area is 126 Å². The van der Waals surface area contributed by atoms with E-state index in [2.05, 4.69) is 0 Å². The Bertz CT molecular complexity index is 558. The zero-order valence-corrected chi connectivity index (χ0v) is 13.1. The first kappa shape index (κ1) is 15.9. The highest BCUT2D eigenvalue weighted by Crippen LogP contribution is 2.41. The molecule has 0 amide bonds. The number of ketones is 1. The van der Waals surface area contributed by atoms with E-state index in [1.165, 1.54) is 13.0 Å². The number of thiophene rings is 1. The molecule has 1 saturated heterocycles. The van der Waals surface area contributed by atoms with Gasteiger partial charge in [-0.1, -0.05) is 0 Å². The fraction of sp³-hybridized carbons (Fsp3) is 0.615. The minimum atomic E-state index is -0.502. The first-order valence-electron chi connectivity index (χ1n) is 6.68. The van der Waals surface area contributed by atoms with Gasteiger partial charge in [-0.15, -0.1) is 11.3 Å². The molecule has 1 N–H and O–H groups in total. The van der Waals surface area contributed by atoms with Gasteiger partial charge in [-0.2, -0.15) is 0 Å². The fourth-order valence-electron chi connectivity index (χ4n) is 2.62. The molecule has 1 aliphatic heterocycles. The molecule has 2 atom stereocenters. The standard InChI is InChI=1S/C13H19N3O4S/c1-8(17)12-5-11(16(19)20)13(21-12)15-7-10(18)4-9(15)6-14(2)3/h5,9-10,18H,4,6-7H2,1-3H3. The lowest BCUT2D eigenvalue weighted by Crippen LogP contribution is -2.37. The van der Waals surface area contributed by atoms with Crippen molar-refractivity contribution in [1.29, 1.82) is 0 Å². The van der Waals surface area contributed by atoms with Crippen LogP contribution in [0.25, 0.3) is 0 Å². The molecule has 0 aromatic carbocycles. The van der Waals surface area contributed by atoms with Crippen LogP contribution in [0, 0.1) is 10.1 Å². The summed E-state index contributed by atoms with van der Waals surface area (Å²) in [6, 6.07) is 1.34. The van der Waals surface area contributed by atoms with Crippen molar-refractivity contribution in [3.8, 4) is 0 Å². The highest BCUT2D eigenvalue weighted by atomic mass is 32.1. The second kappa shape index (κ2) is 6.08. The van der Waals surface area contributed by atoms with Gasteiger partial charge < -0.3 is 14.9 Å². The number of nitro groups is 1. The molecule has 0 bridgehead atoms. The van der Waals surface area contributed by atoms with Crippen LogP contribution in [-0.4, -0.2) is 60.0 Å². The van der Waals surface area contributed by atoms with Gasteiger partial charge in [0.05, 0.1) is 15.9 Å². The molecule has 1 aromatic heterocycles. The number of aliphatic hydroxyl groups excluding tert-OH is 1. The van der Waals surface area contributed by atoms with E-state index in [0.717, 1.165) is 11.3 Å². The Morgan fingerprint density at radius 2 is 2.29 bits per heavy atom. The zero-order valence-electron chi connectivity index (χ0n) is 12.3. The van der Waals surface area contributed by atoms with Gasteiger partial charge in [0.1, 0.15) is 0 Å². The Hall–Kier alpha value is -1.51. The van der Waals surface area contributed by atoms with Crippen molar-refractivity contribution in [2.75, 3.05) is 32.1 Å². The largest absolute Gasteiger partial charge is 0.391 e. The molecule has 0 saturated carbocycles. The Morgan fingerprint density at radius 3 is 2.81 bits per heavy atom. The lowest BCUT2D eigenvalue weighted by molar-refractivity contribution is -0.383. The third kappa shape index (κ3) is 3.39. The predicted octanol–water partition coefficient (Wildman–Crippen LogP) is 1.36. The van der Waals surface area contributed by atoms with E-state index >= 15 is 0 Å². The van der Waals surface area contributed by atoms with E-state index in [1.54, 1.807) is 0 Å². The number of hydrogen-bond acceptors (Lipinski definition) is 7. The second-order valence-corrected chi connectivity index (χ2v) is 6.60. The molecule has 8 heteroatoms. The lowest BCUT2D eigenvalue weighted by Gasteiger charge is -2.26. The Morgan fingerprint density at radius 1 is 1.62 bits per heavy atom. The topological polar surface area (TPSA) is 86.9 Å².